The minimum Gasteiger partial charge on any atom is -0.335 e. The molecule has 0 aromatic heterocycles. The Morgan fingerprint density at radius 2 is 1.85 bits per heavy atom. The predicted octanol–water partition coefficient (Wildman–Crippen LogP) is 3.94. The summed E-state index contributed by atoms with van der Waals surface area (Å²) in [6, 6.07) is 10.5. The first-order valence-corrected chi connectivity index (χ1v) is 7.78. The number of carbonyl (C=O) groups excluding carboxylic acids is 1. The molecule has 2 N–H and O–H groups in total. The number of nitrogens with one attached hydrogen (secondary N) is 2. The second kappa shape index (κ2) is 6.78. The van der Waals surface area contributed by atoms with Crippen molar-refractivity contribution in [2.45, 2.75) is 64.0 Å². The summed E-state index contributed by atoms with van der Waals surface area (Å²) in [5.74, 6) is 0. The van der Waals surface area contributed by atoms with Gasteiger partial charge in [0.2, 0.25) is 0 Å². The molecule has 2 rings (SSSR count). The summed E-state index contributed by atoms with van der Waals surface area (Å²) < 4.78 is 0. The number of hydrogen-bond acceptors (Lipinski definition) is 1. The van der Waals surface area contributed by atoms with Gasteiger partial charge in [-0.25, -0.2) is 4.79 Å². The van der Waals surface area contributed by atoms with E-state index in [4.69, 9.17) is 0 Å². The molecule has 1 aromatic carbocycles. The van der Waals surface area contributed by atoms with Gasteiger partial charge in [-0.2, -0.15) is 0 Å². The quantitative estimate of drug-likeness (QED) is 0.857. The zero-order valence-electron chi connectivity index (χ0n) is 12.6. The molecule has 1 aliphatic carbocycles. The highest BCUT2D eigenvalue weighted by molar-refractivity contribution is 5.75. The lowest BCUT2D eigenvalue weighted by Gasteiger charge is -2.32. The van der Waals surface area contributed by atoms with Crippen molar-refractivity contribution in [3.63, 3.8) is 0 Å². The normalized spacial score (nSPS) is 19.1. The Morgan fingerprint density at radius 1 is 1.20 bits per heavy atom. The number of urea groups is 1. The summed E-state index contributed by atoms with van der Waals surface area (Å²) in [7, 11) is 0. The van der Waals surface area contributed by atoms with Crippen LogP contribution >= 0.6 is 0 Å². The minimum absolute atomic E-state index is 0.0369. The summed E-state index contributed by atoms with van der Waals surface area (Å²) in [6.07, 6.45) is 6.86. The average Bonchev–Trinajstić information content (AvgIpc) is 2.49. The van der Waals surface area contributed by atoms with Crippen molar-refractivity contribution in [3.8, 4) is 0 Å². The second-order valence-corrected chi connectivity index (χ2v) is 5.99. The van der Waals surface area contributed by atoms with E-state index in [9.17, 15) is 4.79 Å². The summed E-state index contributed by atoms with van der Waals surface area (Å²) in [5.41, 5.74) is 0.848. The zero-order chi connectivity index (χ0) is 14.4. The van der Waals surface area contributed by atoms with Gasteiger partial charge in [-0.1, -0.05) is 56.5 Å². The van der Waals surface area contributed by atoms with Gasteiger partial charge in [-0.3, -0.25) is 0 Å². The van der Waals surface area contributed by atoms with Crippen LogP contribution in [0.1, 0.15) is 57.9 Å². The zero-order valence-corrected chi connectivity index (χ0v) is 12.6. The van der Waals surface area contributed by atoms with Crippen LogP contribution in [0.25, 0.3) is 0 Å². The smallest absolute Gasteiger partial charge is 0.315 e. The first kappa shape index (κ1) is 14.9. The van der Waals surface area contributed by atoms with E-state index in [1.54, 1.807) is 0 Å². The molecule has 0 heterocycles. The number of amides is 2. The van der Waals surface area contributed by atoms with E-state index in [1.807, 2.05) is 18.2 Å². The molecule has 3 nitrogen and oxygen atoms in total. The number of benzene rings is 1. The largest absolute Gasteiger partial charge is 0.335 e. The van der Waals surface area contributed by atoms with E-state index < -0.39 is 0 Å². The SMILES string of the molecule is CCC(C)(NC(=O)NC1CCCCC1)c1ccccc1. The van der Waals surface area contributed by atoms with Crippen molar-refractivity contribution >= 4 is 6.03 Å². The van der Waals surface area contributed by atoms with Gasteiger partial charge in [0.05, 0.1) is 5.54 Å². The standard InChI is InChI=1S/C17H26N2O/c1-3-17(2,14-10-6-4-7-11-14)19-16(20)18-15-12-8-5-9-13-15/h4,6-7,10-11,15H,3,5,8-9,12-13H2,1-2H3,(H2,18,19,20). The highest BCUT2D eigenvalue weighted by Gasteiger charge is 2.27. The van der Waals surface area contributed by atoms with E-state index in [1.165, 1.54) is 19.3 Å². The molecule has 110 valence electrons. The molecule has 0 spiro atoms. The summed E-state index contributed by atoms with van der Waals surface area (Å²) >= 11 is 0. The van der Waals surface area contributed by atoms with Crippen LogP contribution in [0.15, 0.2) is 30.3 Å². The van der Waals surface area contributed by atoms with E-state index >= 15 is 0 Å². The summed E-state index contributed by atoms with van der Waals surface area (Å²) in [6.45, 7) is 4.19. The number of rotatable bonds is 4. The van der Waals surface area contributed by atoms with E-state index in [0.29, 0.717) is 6.04 Å². The maximum atomic E-state index is 12.2. The van der Waals surface area contributed by atoms with Crippen molar-refractivity contribution < 1.29 is 4.79 Å². The second-order valence-electron chi connectivity index (χ2n) is 5.99. The molecule has 2 amide bonds. The van der Waals surface area contributed by atoms with Crippen LogP contribution in [0.5, 0.6) is 0 Å². The molecule has 1 aromatic rings. The van der Waals surface area contributed by atoms with Crippen LogP contribution < -0.4 is 10.6 Å². The van der Waals surface area contributed by atoms with E-state index in [2.05, 4.69) is 36.6 Å². The maximum absolute atomic E-state index is 12.2. The molecular weight excluding hydrogens is 248 g/mol. The maximum Gasteiger partial charge on any atom is 0.315 e. The van der Waals surface area contributed by atoms with E-state index in [-0.39, 0.29) is 11.6 Å². The Balaban J connectivity index is 1.96. The molecule has 0 radical (unpaired) electrons. The fourth-order valence-corrected chi connectivity index (χ4v) is 2.89. The van der Waals surface area contributed by atoms with Crippen molar-refractivity contribution in [2.75, 3.05) is 0 Å². The Labute approximate surface area is 122 Å². The van der Waals surface area contributed by atoms with Crippen LogP contribution in [0, 0.1) is 0 Å². The van der Waals surface area contributed by atoms with Crippen molar-refractivity contribution in [1.82, 2.24) is 10.6 Å². The fraction of sp³-hybridized carbons (Fsp3) is 0.588. The summed E-state index contributed by atoms with van der Waals surface area (Å²) in [4.78, 5) is 12.2. The van der Waals surface area contributed by atoms with Crippen LogP contribution in [0.2, 0.25) is 0 Å². The van der Waals surface area contributed by atoms with Crippen LogP contribution in [-0.4, -0.2) is 12.1 Å². The molecule has 20 heavy (non-hydrogen) atoms. The molecule has 1 aliphatic rings. The molecule has 0 bridgehead atoms. The molecular formula is C17H26N2O. The Bertz CT molecular complexity index is 426. The van der Waals surface area contributed by atoms with Crippen LogP contribution in [-0.2, 0) is 5.54 Å². The van der Waals surface area contributed by atoms with Crippen LogP contribution in [0.3, 0.4) is 0 Å². The monoisotopic (exact) mass is 274 g/mol. The molecule has 1 unspecified atom stereocenters. The first-order valence-electron chi connectivity index (χ1n) is 7.78. The Morgan fingerprint density at radius 3 is 2.45 bits per heavy atom. The fourth-order valence-electron chi connectivity index (χ4n) is 2.89. The first-order chi connectivity index (χ1) is 9.64. The van der Waals surface area contributed by atoms with Crippen LogP contribution in [0.4, 0.5) is 4.79 Å². The lowest BCUT2D eigenvalue weighted by molar-refractivity contribution is 0.218. The molecule has 1 saturated carbocycles. The highest BCUT2D eigenvalue weighted by Crippen LogP contribution is 2.24. The van der Waals surface area contributed by atoms with Gasteiger partial charge < -0.3 is 10.6 Å². The molecule has 0 aliphatic heterocycles. The predicted molar refractivity (Wildman–Crippen MR) is 82.6 cm³/mol. The Kier molecular flexibility index (Phi) is 5.05. The van der Waals surface area contributed by atoms with Gasteiger partial charge >= 0.3 is 6.03 Å². The Hall–Kier alpha value is -1.51. The van der Waals surface area contributed by atoms with Crippen molar-refractivity contribution in [2.24, 2.45) is 0 Å². The van der Waals surface area contributed by atoms with Gasteiger partial charge in [0.15, 0.2) is 0 Å². The molecule has 3 heteroatoms. The molecule has 0 saturated heterocycles. The van der Waals surface area contributed by atoms with Gasteiger partial charge in [0, 0.05) is 6.04 Å². The highest BCUT2D eigenvalue weighted by atomic mass is 16.2. The summed E-state index contributed by atoms with van der Waals surface area (Å²) in [5, 5.41) is 6.29. The minimum atomic E-state index is -0.306. The average molecular weight is 274 g/mol. The number of carbonyl (C=O) groups is 1. The third-order valence-corrected chi connectivity index (χ3v) is 4.45. The number of hydrogen-bond donors (Lipinski definition) is 2. The molecule has 1 atom stereocenters. The van der Waals surface area contributed by atoms with Gasteiger partial charge in [0.25, 0.3) is 0 Å². The topological polar surface area (TPSA) is 41.1 Å². The van der Waals surface area contributed by atoms with Gasteiger partial charge in [0.1, 0.15) is 0 Å². The van der Waals surface area contributed by atoms with Gasteiger partial charge in [-0.15, -0.1) is 0 Å². The lowest BCUT2D eigenvalue weighted by Crippen LogP contribution is -2.50. The third kappa shape index (κ3) is 3.75. The molecule has 1 fully saturated rings. The van der Waals surface area contributed by atoms with Crippen molar-refractivity contribution in [1.29, 1.82) is 0 Å². The lowest BCUT2D eigenvalue weighted by atomic mass is 9.89. The van der Waals surface area contributed by atoms with Crippen molar-refractivity contribution in [3.05, 3.63) is 35.9 Å². The third-order valence-electron chi connectivity index (χ3n) is 4.45. The van der Waals surface area contributed by atoms with E-state index in [0.717, 1.165) is 24.8 Å². The van der Waals surface area contributed by atoms with Gasteiger partial charge in [-0.05, 0) is 31.7 Å².